The molecular formula is C12H11FN2O3S2. The molecular weight excluding hydrogens is 303 g/mol. The van der Waals surface area contributed by atoms with E-state index in [0.29, 0.717) is 5.13 Å². The molecule has 0 saturated heterocycles. The number of rotatable bonds is 4. The average molecular weight is 314 g/mol. The van der Waals surface area contributed by atoms with Crippen molar-refractivity contribution < 1.29 is 17.6 Å². The first-order valence-corrected chi connectivity index (χ1v) is 8.03. The van der Waals surface area contributed by atoms with Crippen molar-refractivity contribution in [3.05, 3.63) is 41.7 Å². The van der Waals surface area contributed by atoms with Crippen LogP contribution in [0.4, 0.5) is 9.52 Å². The molecule has 1 aromatic heterocycles. The number of amides is 1. The van der Waals surface area contributed by atoms with E-state index in [4.69, 9.17) is 0 Å². The second-order valence-corrected chi connectivity index (χ2v) is 7.13. The van der Waals surface area contributed by atoms with E-state index in [1.807, 2.05) is 0 Å². The topological polar surface area (TPSA) is 76.1 Å². The van der Waals surface area contributed by atoms with Crippen molar-refractivity contribution in [2.45, 2.75) is 17.1 Å². The number of nitrogens with one attached hydrogen (secondary N) is 1. The lowest BCUT2D eigenvalue weighted by atomic mass is 10.3. The Morgan fingerprint density at radius 1 is 1.35 bits per heavy atom. The molecule has 0 bridgehead atoms. The van der Waals surface area contributed by atoms with Crippen molar-refractivity contribution in [3.63, 3.8) is 0 Å². The van der Waals surface area contributed by atoms with Crippen LogP contribution < -0.4 is 5.32 Å². The van der Waals surface area contributed by atoms with Gasteiger partial charge in [-0.25, -0.2) is 17.8 Å². The largest absolute Gasteiger partial charge is 0.301 e. The molecule has 1 N–H and O–H groups in total. The summed E-state index contributed by atoms with van der Waals surface area (Å²) in [6.45, 7) is 1.28. The molecule has 0 aliphatic rings. The van der Waals surface area contributed by atoms with Gasteiger partial charge in [0.15, 0.2) is 15.0 Å². The number of hydrogen-bond acceptors (Lipinski definition) is 5. The second-order valence-electron chi connectivity index (χ2n) is 3.97. The van der Waals surface area contributed by atoms with Crippen LogP contribution >= 0.6 is 11.3 Å². The van der Waals surface area contributed by atoms with E-state index >= 15 is 0 Å². The molecule has 1 heterocycles. The third-order valence-electron chi connectivity index (χ3n) is 2.64. The quantitative estimate of drug-likeness (QED) is 0.877. The molecule has 2 aromatic rings. The molecule has 0 aliphatic heterocycles. The maximum absolute atomic E-state index is 12.8. The van der Waals surface area contributed by atoms with Crippen molar-refractivity contribution in [1.82, 2.24) is 4.98 Å². The first-order chi connectivity index (χ1) is 9.41. The molecule has 0 radical (unpaired) electrons. The van der Waals surface area contributed by atoms with Crippen LogP contribution in [-0.4, -0.2) is 24.6 Å². The Kier molecular flexibility index (Phi) is 4.15. The standard InChI is InChI=1S/C12H11FN2O3S2/c1-8(11(16)15-12-14-6-7-19-12)20(17,18)10-4-2-9(13)3-5-10/h2-8H,1H3,(H,14,15,16)/t8-/m0/s1. The average Bonchev–Trinajstić information content (AvgIpc) is 2.91. The number of halogens is 1. The van der Waals surface area contributed by atoms with E-state index in [0.717, 1.165) is 24.3 Å². The molecule has 5 nitrogen and oxygen atoms in total. The van der Waals surface area contributed by atoms with Crippen molar-refractivity contribution in [2.75, 3.05) is 5.32 Å². The summed E-state index contributed by atoms with van der Waals surface area (Å²) in [5.41, 5.74) is 0. The smallest absolute Gasteiger partial charge is 0.244 e. The summed E-state index contributed by atoms with van der Waals surface area (Å²) in [5.74, 6) is -1.21. The number of carbonyl (C=O) groups is 1. The molecule has 8 heteroatoms. The van der Waals surface area contributed by atoms with E-state index in [2.05, 4.69) is 10.3 Å². The maximum atomic E-state index is 12.8. The van der Waals surface area contributed by atoms with Gasteiger partial charge in [-0.15, -0.1) is 11.3 Å². The Morgan fingerprint density at radius 3 is 2.55 bits per heavy atom. The zero-order valence-corrected chi connectivity index (χ0v) is 12.0. The SMILES string of the molecule is C[C@@H](C(=O)Nc1nccs1)S(=O)(=O)c1ccc(F)cc1. The minimum atomic E-state index is -3.86. The fraction of sp³-hybridized carbons (Fsp3) is 0.167. The van der Waals surface area contributed by atoms with Gasteiger partial charge in [0.2, 0.25) is 5.91 Å². The lowest BCUT2D eigenvalue weighted by Gasteiger charge is -2.12. The monoisotopic (exact) mass is 314 g/mol. The molecule has 2 rings (SSSR count). The van der Waals surface area contributed by atoms with Gasteiger partial charge in [0.25, 0.3) is 0 Å². The van der Waals surface area contributed by atoms with Crippen LogP contribution in [0.25, 0.3) is 0 Å². The Hall–Kier alpha value is -1.80. The van der Waals surface area contributed by atoms with Gasteiger partial charge >= 0.3 is 0 Å². The Morgan fingerprint density at radius 2 is 2.00 bits per heavy atom. The molecule has 1 amide bonds. The molecule has 20 heavy (non-hydrogen) atoms. The molecule has 106 valence electrons. The number of anilines is 1. The van der Waals surface area contributed by atoms with Crippen LogP contribution in [0.15, 0.2) is 40.7 Å². The van der Waals surface area contributed by atoms with E-state index in [1.165, 1.54) is 24.5 Å². The van der Waals surface area contributed by atoms with Crippen molar-refractivity contribution in [3.8, 4) is 0 Å². The van der Waals surface area contributed by atoms with Crippen LogP contribution in [-0.2, 0) is 14.6 Å². The Balaban J connectivity index is 2.20. The van der Waals surface area contributed by atoms with E-state index < -0.39 is 26.8 Å². The van der Waals surface area contributed by atoms with E-state index in [9.17, 15) is 17.6 Å². The fourth-order valence-electron chi connectivity index (χ4n) is 1.46. The molecule has 0 aliphatic carbocycles. The number of sulfone groups is 1. The van der Waals surface area contributed by atoms with Crippen molar-refractivity contribution in [2.24, 2.45) is 0 Å². The van der Waals surface area contributed by atoms with Gasteiger partial charge < -0.3 is 5.32 Å². The molecule has 1 aromatic carbocycles. The summed E-state index contributed by atoms with van der Waals surface area (Å²) in [6.07, 6.45) is 1.50. The van der Waals surface area contributed by atoms with Gasteiger partial charge in [-0.2, -0.15) is 0 Å². The summed E-state index contributed by atoms with van der Waals surface area (Å²) in [7, 11) is -3.86. The highest BCUT2D eigenvalue weighted by molar-refractivity contribution is 7.92. The minimum absolute atomic E-state index is 0.0966. The minimum Gasteiger partial charge on any atom is -0.301 e. The number of aromatic nitrogens is 1. The zero-order chi connectivity index (χ0) is 14.8. The summed E-state index contributed by atoms with van der Waals surface area (Å²) in [4.78, 5) is 15.7. The molecule has 1 atom stereocenters. The number of carbonyl (C=O) groups excluding carboxylic acids is 1. The van der Waals surface area contributed by atoms with Crippen LogP contribution in [0.2, 0.25) is 0 Å². The third-order valence-corrected chi connectivity index (χ3v) is 5.40. The number of benzene rings is 1. The van der Waals surface area contributed by atoms with Gasteiger partial charge in [-0.1, -0.05) is 0 Å². The van der Waals surface area contributed by atoms with E-state index in [1.54, 1.807) is 5.38 Å². The Bertz CT molecular complexity index is 697. The normalized spacial score (nSPS) is 12.9. The highest BCUT2D eigenvalue weighted by atomic mass is 32.2. The van der Waals surface area contributed by atoms with Gasteiger partial charge in [0.1, 0.15) is 11.1 Å². The van der Waals surface area contributed by atoms with Crippen molar-refractivity contribution >= 4 is 32.2 Å². The van der Waals surface area contributed by atoms with Crippen LogP contribution in [0.3, 0.4) is 0 Å². The lowest BCUT2D eigenvalue weighted by Crippen LogP contribution is -2.32. The Labute approximate surface area is 119 Å². The highest BCUT2D eigenvalue weighted by Crippen LogP contribution is 2.18. The molecule has 0 unspecified atom stereocenters. The lowest BCUT2D eigenvalue weighted by molar-refractivity contribution is -0.115. The van der Waals surface area contributed by atoms with Crippen LogP contribution in [0, 0.1) is 5.82 Å². The number of nitrogens with zero attached hydrogens (tertiary/aromatic N) is 1. The first-order valence-electron chi connectivity index (χ1n) is 5.61. The predicted octanol–water partition coefficient (Wildman–Crippen LogP) is 2.08. The zero-order valence-electron chi connectivity index (χ0n) is 10.4. The predicted molar refractivity (Wildman–Crippen MR) is 73.8 cm³/mol. The summed E-state index contributed by atoms with van der Waals surface area (Å²) < 4.78 is 37.2. The highest BCUT2D eigenvalue weighted by Gasteiger charge is 2.30. The third kappa shape index (κ3) is 3.02. The molecule has 0 saturated carbocycles. The van der Waals surface area contributed by atoms with Crippen LogP contribution in [0.1, 0.15) is 6.92 Å². The second kappa shape index (κ2) is 5.68. The van der Waals surface area contributed by atoms with Gasteiger partial charge in [0, 0.05) is 11.6 Å². The summed E-state index contributed by atoms with van der Waals surface area (Å²) in [6, 6.07) is 4.35. The summed E-state index contributed by atoms with van der Waals surface area (Å²) >= 11 is 1.19. The van der Waals surface area contributed by atoms with Crippen LogP contribution in [0.5, 0.6) is 0 Å². The van der Waals surface area contributed by atoms with Crippen molar-refractivity contribution in [1.29, 1.82) is 0 Å². The number of hydrogen-bond donors (Lipinski definition) is 1. The van der Waals surface area contributed by atoms with E-state index in [-0.39, 0.29) is 4.90 Å². The fourth-order valence-corrected chi connectivity index (χ4v) is 3.26. The van der Waals surface area contributed by atoms with Gasteiger partial charge in [-0.05, 0) is 31.2 Å². The molecule has 0 fully saturated rings. The van der Waals surface area contributed by atoms with Gasteiger partial charge in [0.05, 0.1) is 4.90 Å². The first kappa shape index (κ1) is 14.6. The summed E-state index contributed by atoms with van der Waals surface area (Å²) in [5, 5.41) is 3.12. The number of thiazole rings is 1. The van der Waals surface area contributed by atoms with Gasteiger partial charge in [-0.3, -0.25) is 4.79 Å². The maximum Gasteiger partial charge on any atom is 0.244 e. The molecule has 0 spiro atoms.